The summed E-state index contributed by atoms with van der Waals surface area (Å²) in [4.78, 5) is 14.9. The summed E-state index contributed by atoms with van der Waals surface area (Å²) in [7, 11) is 0. The van der Waals surface area contributed by atoms with Crippen LogP contribution in [0, 0.1) is 5.41 Å². The molecule has 18 heavy (non-hydrogen) atoms. The topological polar surface area (TPSA) is 29.5 Å². The molecule has 0 radical (unpaired) electrons. The summed E-state index contributed by atoms with van der Waals surface area (Å²) in [6.07, 6.45) is 2.53. The lowest BCUT2D eigenvalue weighted by Crippen LogP contribution is -2.56. The van der Waals surface area contributed by atoms with Crippen LogP contribution in [-0.4, -0.2) is 42.5 Å². The van der Waals surface area contributed by atoms with E-state index in [4.69, 9.17) is 4.74 Å². The average Bonchev–Trinajstić information content (AvgIpc) is 2.35. The first kappa shape index (κ1) is 15.6. The number of rotatable bonds is 5. The van der Waals surface area contributed by atoms with Crippen molar-refractivity contribution in [1.82, 2.24) is 4.90 Å². The molecule has 1 unspecified atom stereocenters. The number of hydrogen-bond donors (Lipinski definition) is 0. The Hall–Kier alpha value is -0.410. The maximum absolute atomic E-state index is 12.6. The van der Waals surface area contributed by atoms with Gasteiger partial charge in [0.25, 0.3) is 0 Å². The van der Waals surface area contributed by atoms with Crippen molar-refractivity contribution in [2.45, 2.75) is 59.4 Å². The molecule has 0 aromatic rings. The zero-order chi connectivity index (χ0) is 13.8. The predicted octanol–water partition coefficient (Wildman–Crippen LogP) is 2.88. The second-order valence-electron chi connectivity index (χ2n) is 6.71. The molecular formula is C15H29NO2. The molecule has 1 rings (SSSR count). The highest BCUT2D eigenvalue weighted by atomic mass is 16.5. The molecule has 0 N–H and O–H groups in total. The number of hydrogen-bond acceptors (Lipinski definition) is 3. The molecule has 106 valence electrons. The van der Waals surface area contributed by atoms with Gasteiger partial charge in [0.15, 0.2) is 5.78 Å². The van der Waals surface area contributed by atoms with E-state index in [1.54, 1.807) is 0 Å². The van der Waals surface area contributed by atoms with Gasteiger partial charge in [-0.3, -0.25) is 9.69 Å². The van der Waals surface area contributed by atoms with Gasteiger partial charge in [-0.1, -0.05) is 27.7 Å². The van der Waals surface area contributed by atoms with Crippen LogP contribution in [0.1, 0.15) is 53.9 Å². The lowest BCUT2D eigenvalue weighted by Gasteiger charge is -2.42. The first-order valence-electron chi connectivity index (χ1n) is 7.16. The van der Waals surface area contributed by atoms with Gasteiger partial charge in [-0.15, -0.1) is 0 Å². The zero-order valence-electron chi connectivity index (χ0n) is 12.7. The lowest BCUT2D eigenvalue weighted by molar-refractivity contribution is -0.134. The maximum Gasteiger partial charge on any atom is 0.152 e. The molecule has 1 heterocycles. The van der Waals surface area contributed by atoms with Crippen LogP contribution in [0.4, 0.5) is 0 Å². The smallest absolute Gasteiger partial charge is 0.152 e. The number of morpholine rings is 1. The second kappa shape index (κ2) is 6.16. The molecule has 1 aliphatic rings. The summed E-state index contributed by atoms with van der Waals surface area (Å²) in [5.41, 5.74) is -0.0651. The molecule has 0 aromatic carbocycles. The summed E-state index contributed by atoms with van der Waals surface area (Å²) in [5.74, 6) is 0.391. The van der Waals surface area contributed by atoms with E-state index in [0.29, 0.717) is 12.2 Å². The Morgan fingerprint density at radius 1 is 1.17 bits per heavy atom. The third-order valence-corrected chi connectivity index (χ3v) is 4.10. The fourth-order valence-corrected chi connectivity index (χ4v) is 2.41. The van der Waals surface area contributed by atoms with Crippen molar-refractivity contribution in [3.8, 4) is 0 Å². The van der Waals surface area contributed by atoms with Crippen molar-refractivity contribution in [3.05, 3.63) is 0 Å². The quantitative estimate of drug-likeness (QED) is 0.756. The maximum atomic E-state index is 12.6. The molecule has 3 heteroatoms. The van der Waals surface area contributed by atoms with Crippen LogP contribution < -0.4 is 0 Å². The minimum absolute atomic E-state index is 0.231. The predicted molar refractivity (Wildman–Crippen MR) is 74.8 cm³/mol. The Morgan fingerprint density at radius 3 is 2.17 bits per heavy atom. The van der Waals surface area contributed by atoms with E-state index in [1.165, 1.54) is 0 Å². The fourth-order valence-electron chi connectivity index (χ4n) is 2.41. The van der Waals surface area contributed by atoms with Gasteiger partial charge in [-0.25, -0.2) is 0 Å². The molecule has 0 aromatic heterocycles. The van der Waals surface area contributed by atoms with E-state index in [0.717, 1.165) is 39.1 Å². The van der Waals surface area contributed by atoms with Crippen LogP contribution >= 0.6 is 0 Å². The summed E-state index contributed by atoms with van der Waals surface area (Å²) < 4.78 is 5.38. The van der Waals surface area contributed by atoms with Crippen molar-refractivity contribution >= 4 is 5.78 Å². The largest absolute Gasteiger partial charge is 0.379 e. The molecule has 0 amide bonds. The van der Waals surface area contributed by atoms with Crippen LogP contribution in [0.5, 0.6) is 0 Å². The Balaban J connectivity index is 2.64. The molecular weight excluding hydrogens is 226 g/mol. The monoisotopic (exact) mass is 255 g/mol. The van der Waals surface area contributed by atoms with Gasteiger partial charge < -0.3 is 4.74 Å². The highest BCUT2D eigenvalue weighted by molar-refractivity contribution is 5.88. The molecule has 1 aliphatic heterocycles. The fraction of sp³-hybridized carbons (Fsp3) is 0.933. The van der Waals surface area contributed by atoms with Crippen LogP contribution in [0.25, 0.3) is 0 Å². The molecule has 1 saturated heterocycles. The van der Waals surface area contributed by atoms with Gasteiger partial charge in [0.2, 0.25) is 0 Å². The van der Waals surface area contributed by atoms with Crippen molar-refractivity contribution in [2.24, 2.45) is 5.41 Å². The van der Waals surface area contributed by atoms with Gasteiger partial charge in [-0.2, -0.15) is 0 Å². The van der Waals surface area contributed by atoms with E-state index in [2.05, 4.69) is 39.5 Å². The van der Waals surface area contributed by atoms with Crippen LogP contribution in [0.2, 0.25) is 0 Å². The molecule has 0 bridgehead atoms. The standard InChI is InChI=1S/C15H29NO2/c1-6-15(5,16-9-11-18-12-10-16)13(17)7-8-14(2,3)4/h6-12H2,1-5H3. The van der Waals surface area contributed by atoms with Gasteiger partial charge in [0.05, 0.1) is 18.8 Å². The SMILES string of the molecule is CCC(C)(C(=O)CCC(C)(C)C)N1CCOCC1. The normalized spacial score (nSPS) is 21.6. The zero-order valence-corrected chi connectivity index (χ0v) is 12.7. The number of Topliss-reactive ketones (excluding diaryl/α,β-unsaturated/α-hetero) is 1. The Labute approximate surface area is 112 Å². The molecule has 0 spiro atoms. The first-order chi connectivity index (χ1) is 8.29. The minimum atomic E-state index is -0.297. The first-order valence-corrected chi connectivity index (χ1v) is 7.16. The van der Waals surface area contributed by atoms with Crippen LogP contribution in [0.15, 0.2) is 0 Å². The lowest BCUT2D eigenvalue weighted by atomic mass is 9.83. The van der Waals surface area contributed by atoms with Crippen molar-refractivity contribution in [3.63, 3.8) is 0 Å². The van der Waals surface area contributed by atoms with Crippen LogP contribution in [-0.2, 0) is 9.53 Å². The highest BCUT2D eigenvalue weighted by Gasteiger charge is 2.37. The summed E-state index contributed by atoms with van der Waals surface area (Å²) in [6, 6.07) is 0. The summed E-state index contributed by atoms with van der Waals surface area (Å²) in [5, 5.41) is 0. The molecule has 0 saturated carbocycles. The van der Waals surface area contributed by atoms with Gasteiger partial charge in [0.1, 0.15) is 0 Å². The Morgan fingerprint density at radius 2 is 1.72 bits per heavy atom. The number of nitrogens with zero attached hydrogens (tertiary/aromatic N) is 1. The van der Waals surface area contributed by atoms with Crippen molar-refractivity contribution in [2.75, 3.05) is 26.3 Å². The number of ketones is 1. The molecule has 0 aliphatic carbocycles. The van der Waals surface area contributed by atoms with E-state index in [1.807, 2.05) is 0 Å². The Bertz CT molecular complexity index is 277. The third-order valence-electron chi connectivity index (χ3n) is 4.10. The van der Waals surface area contributed by atoms with Crippen molar-refractivity contribution in [1.29, 1.82) is 0 Å². The molecule has 1 fully saturated rings. The molecule has 3 nitrogen and oxygen atoms in total. The highest BCUT2D eigenvalue weighted by Crippen LogP contribution is 2.27. The number of carbonyl (C=O) groups is 1. The minimum Gasteiger partial charge on any atom is -0.379 e. The summed E-state index contributed by atoms with van der Waals surface area (Å²) >= 11 is 0. The number of carbonyl (C=O) groups excluding carboxylic acids is 1. The van der Waals surface area contributed by atoms with Gasteiger partial charge >= 0.3 is 0 Å². The second-order valence-corrected chi connectivity index (χ2v) is 6.71. The van der Waals surface area contributed by atoms with Crippen LogP contribution in [0.3, 0.4) is 0 Å². The van der Waals surface area contributed by atoms with Crippen molar-refractivity contribution < 1.29 is 9.53 Å². The Kier molecular flexibility index (Phi) is 5.35. The summed E-state index contributed by atoms with van der Waals surface area (Å²) in [6.45, 7) is 14.1. The van der Waals surface area contributed by atoms with E-state index < -0.39 is 0 Å². The van der Waals surface area contributed by atoms with E-state index in [9.17, 15) is 4.79 Å². The third kappa shape index (κ3) is 4.06. The van der Waals surface area contributed by atoms with Gasteiger partial charge in [0, 0.05) is 19.5 Å². The van der Waals surface area contributed by atoms with E-state index in [-0.39, 0.29) is 11.0 Å². The number of ether oxygens (including phenoxy) is 1. The molecule has 1 atom stereocenters. The van der Waals surface area contributed by atoms with E-state index >= 15 is 0 Å². The average molecular weight is 255 g/mol. The van der Waals surface area contributed by atoms with Gasteiger partial charge in [-0.05, 0) is 25.2 Å².